The van der Waals surface area contributed by atoms with E-state index in [4.69, 9.17) is 0 Å². The number of hydrogen-bond donors (Lipinski definition) is 1. The normalized spacial score (nSPS) is 10.5. The van der Waals surface area contributed by atoms with Gasteiger partial charge in [0.05, 0.1) is 12.1 Å². The number of rotatable bonds is 5. The van der Waals surface area contributed by atoms with Crippen molar-refractivity contribution in [2.24, 2.45) is 0 Å². The molecule has 0 aliphatic carbocycles. The number of ketones is 1. The number of nitrogens with zero attached hydrogens (tertiary/aromatic N) is 1. The number of carbonyl (C=O) groups excluding carboxylic acids is 2. The first-order chi connectivity index (χ1) is 12.0. The van der Waals surface area contributed by atoms with Gasteiger partial charge in [0.25, 0.3) is 0 Å². The molecule has 1 amide bonds. The minimum Gasteiger partial charge on any atom is -0.325 e. The monoisotopic (exact) mass is 350 g/mol. The predicted octanol–water partition coefficient (Wildman–Crippen LogP) is 4.50. The van der Waals surface area contributed by atoms with Gasteiger partial charge >= 0.3 is 0 Å². The SMILES string of the molecule is CC(=O)c1ccc(C)c(NC(=O)Cc2csc(-c3ccccc3)n2)c1. The summed E-state index contributed by atoms with van der Waals surface area (Å²) in [5.41, 5.74) is 3.95. The molecular weight excluding hydrogens is 332 g/mol. The lowest BCUT2D eigenvalue weighted by molar-refractivity contribution is -0.115. The van der Waals surface area contributed by atoms with E-state index in [9.17, 15) is 9.59 Å². The van der Waals surface area contributed by atoms with Gasteiger partial charge in [-0.15, -0.1) is 11.3 Å². The molecular formula is C20H18N2O2S. The lowest BCUT2D eigenvalue weighted by Crippen LogP contribution is -2.15. The van der Waals surface area contributed by atoms with Gasteiger partial charge in [-0.2, -0.15) is 0 Å². The second-order valence-electron chi connectivity index (χ2n) is 5.82. The lowest BCUT2D eigenvalue weighted by atomic mass is 10.1. The zero-order chi connectivity index (χ0) is 17.8. The van der Waals surface area contributed by atoms with Gasteiger partial charge in [0.1, 0.15) is 5.01 Å². The summed E-state index contributed by atoms with van der Waals surface area (Å²) in [5.74, 6) is -0.170. The highest BCUT2D eigenvalue weighted by Gasteiger charge is 2.11. The molecule has 0 spiro atoms. The molecule has 3 aromatic rings. The molecule has 0 atom stereocenters. The minimum absolute atomic E-state index is 0.0255. The van der Waals surface area contributed by atoms with Gasteiger partial charge in [-0.1, -0.05) is 42.5 Å². The second kappa shape index (κ2) is 7.40. The van der Waals surface area contributed by atoms with E-state index >= 15 is 0 Å². The molecule has 0 fully saturated rings. The summed E-state index contributed by atoms with van der Waals surface area (Å²) in [6, 6.07) is 15.2. The van der Waals surface area contributed by atoms with E-state index in [0.29, 0.717) is 11.3 Å². The molecule has 4 nitrogen and oxygen atoms in total. The molecule has 0 saturated carbocycles. The second-order valence-corrected chi connectivity index (χ2v) is 6.68. The molecule has 126 valence electrons. The van der Waals surface area contributed by atoms with E-state index in [2.05, 4.69) is 10.3 Å². The number of benzene rings is 2. The number of thiazole rings is 1. The number of nitrogens with one attached hydrogen (secondary N) is 1. The Balaban J connectivity index is 1.70. The quantitative estimate of drug-likeness (QED) is 0.689. The minimum atomic E-state index is -0.145. The van der Waals surface area contributed by atoms with Crippen molar-refractivity contribution in [2.45, 2.75) is 20.3 Å². The summed E-state index contributed by atoms with van der Waals surface area (Å²) < 4.78 is 0. The van der Waals surface area contributed by atoms with Crippen molar-refractivity contribution in [2.75, 3.05) is 5.32 Å². The van der Waals surface area contributed by atoms with E-state index in [0.717, 1.165) is 21.8 Å². The van der Waals surface area contributed by atoms with E-state index in [1.165, 1.54) is 18.3 Å². The van der Waals surface area contributed by atoms with Crippen LogP contribution in [0.25, 0.3) is 10.6 Å². The Bertz CT molecular complexity index is 916. The molecule has 0 bridgehead atoms. The fourth-order valence-corrected chi connectivity index (χ4v) is 3.26. The van der Waals surface area contributed by atoms with Gasteiger partial charge in [-0.25, -0.2) is 4.98 Å². The molecule has 5 heteroatoms. The summed E-state index contributed by atoms with van der Waals surface area (Å²) >= 11 is 1.52. The van der Waals surface area contributed by atoms with E-state index < -0.39 is 0 Å². The summed E-state index contributed by atoms with van der Waals surface area (Å²) in [6.45, 7) is 3.41. The number of hydrogen-bond acceptors (Lipinski definition) is 4. The summed E-state index contributed by atoms with van der Waals surface area (Å²) in [4.78, 5) is 28.4. The van der Waals surface area contributed by atoms with Crippen molar-refractivity contribution in [1.82, 2.24) is 4.98 Å². The third-order valence-electron chi connectivity index (χ3n) is 3.83. The smallest absolute Gasteiger partial charge is 0.230 e. The standard InChI is InChI=1S/C20H18N2O2S/c1-13-8-9-16(14(2)23)10-18(13)22-19(24)11-17-12-25-20(21-17)15-6-4-3-5-7-15/h3-10,12H,11H2,1-2H3,(H,22,24). The number of carbonyl (C=O) groups is 2. The Hall–Kier alpha value is -2.79. The van der Waals surface area contributed by atoms with Crippen LogP contribution in [0, 0.1) is 6.92 Å². The third kappa shape index (κ3) is 4.19. The number of aromatic nitrogens is 1. The van der Waals surface area contributed by atoms with Crippen molar-refractivity contribution in [1.29, 1.82) is 0 Å². The van der Waals surface area contributed by atoms with Crippen LogP contribution in [0.3, 0.4) is 0 Å². The number of anilines is 1. The molecule has 3 rings (SSSR count). The largest absolute Gasteiger partial charge is 0.325 e. The first-order valence-electron chi connectivity index (χ1n) is 7.94. The maximum atomic E-state index is 12.3. The Kier molecular flexibility index (Phi) is 5.05. The van der Waals surface area contributed by atoms with Crippen LogP contribution in [-0.4, -0.2) is 16.7 Å². The van der Waals surface area contributed by atoms with Gasteiger partial charge < -0.3 is 5.32 Å². The molecule has 1 aromatic heterocycles. The van der Waals surface area contributed by atoms with Gasteiger partial charge in [-0.05, 0) is 25.5 Å². The number of aryl methyl sites for hydroxylation is 1. The summed E-state index contributed by atoms with van der Waals surface area (Å²) in [7, 11) is 0. The number of amides is 1. The molecule has 1 N–H and O–H groups in total. The Labute approximate surface area is 150 Å². The van der Waals surface area contributed by atoms with E-state index in [-0.39, 0.29) is 18.1 Å². The number of Topliss-reactive ketones (excluding diaryl/α,β-unsaturated/α-hetero) is 1. The maximum Gasteiger partial charge on any atom is 0.230 e. The summed E-state index contributed by atoms with van der Waals surface area (Å²) in [6.07, 6.45) is 0.201. The van der Waals surface area contributed by atoms with Crippen LogP contribution in [0.5, 0.6) is 0 Å². The molecule has 25 heavy (non-hydrogen) atoms. The molecule has 0 unspecified atom stereocenters. The van der Waals surface area contributed by atoms with Crippen LogP contribution < -0.4 is 5.32 Å². The Morgan fingerprint density at radius 3 is 2.60 bits per heavy atom. The van der Waals surface area contributed by atoms with Crippen LogP contribution in [-0.2, 0) is 11.2 Å². The molecule has 0 aliphatic heterocycles. The summed E-state index contributed by atoms with van der Waals surface area (Å²) in [5, 5.41) is 5.68. The van der Waals surface area contributed by atoms with Crippen LogP contribution >= 0.6 is 11.3 Å². The third-order valence-corrected chi connectivity index (χ3v) is 4.77. The fraction of sp³-hybridized carbons (Fsp3) is 0.150. The first-order valence-corrected chi connectivity index (χ1v) is 8.82. The molecule has 0 radical (unpaired) electrons. The highest BCUT2D eigenvalue weighted by Crippen LogP contribution is 2.24. The van der Waals surface area contributed by atoms with Crippen LogP contribution in [0.1, 0.15) is 28.5 Å². The molecule has 0 saturated heterocycles. The zero-order valence-electron chi connectivity index (χ0n) is 14.1. The highest BCUT2D eigenvalue weighted by atomic mass is 32.1. The van der Waals surface area contributed by atoms with Gasteiger partial charge in [0, 0.05) is 22.2 Å². The van der Waals surface area contributed by atoms with Crippen LogP contribution in [0.2, 0.25) is 0 Å². The van der Waals surface area contributed by atoms with Crippen molar-refractivity contribution in [3.8, 4) is 10.6 Å². The van der Waals surface area contributed by atoms with Crippen LogP contribution in [0.15, 0.2) is 53.9 Å². The molecule has 2 aromatic carbocycles. The lowest BCUT2D eigenvalue weighted by Gasteiger charge is -2.09. The fourth-order valence-electron chi connectivity index (χ4n) is 2.44. The maximum absolute atomic E-state index is 12.3. The van der Waals surface area contributed by atoms with E-state index in [1.807, 2.05) is 48.7 Å². The van der Waals surface area contributed by atoms with Crippen molar-refractivity contribution < 1.29 is 9.59 Å². The van der Waals surface area contributed by atoms with E-state index in [1.54, 1.807) is 12.1 Å². The average Bonchev–Trinajstić information content (AvgIpc) is 3.06. The van der Waals surface area contributed by atoms with Gasteiger partial charge in [0.2, 0.25) is 5.91 Å². The van der Waals surface area contributed by atoms with Crippen LogP contribution in [0.4, 0.5) is 5.69 Å². The highest BCUT2D eigenvalue weighted by molar-refractivity contribution is 7.13. The Morgan fingerprint density at radius 1 is 1.12 bits per heavy atom. The van der Waals surface area contributed by atoms with Crippen molar-refractivity contribution in [3.05, 3.63) is 70.7 Å². The Morgan fingerprint density at radius 2 is 1.88 bits per heavy atom. The van der Waals surface area contributed by atoms with Crippen molar-refractivity contribution in [3.63, 3.8) is 0 Å². The van der Waals surface area contributed by atoms with Crippen molar-refractivity contribution >= 4 is 28.7 Å². The first kappa shape index (κ1) is 17.0. The predicted molar refractivity (Wildman–Crippen MR) is 101 cm³/mol. The van der Waals surface area contributed by atoms with Gasteiger partial charge in [-0.3, -0.25) is 9.59 Å². The van der Waals surface area contributed by atoms with Gasteiger partial charge in [0.15, 0.2) is 5.78 Å². The molecule has 0 aliphatic rings. The topological polar surface area (TPSA) is 59.1 Å². The molecule has 1 heterocycles. The average molecular weight is 350 g/mol. The zero-order valence-corrected chi connectivity index (χ0v) is 14.9.